The molecule has 4 N–H and O–H groups in total. The number of carbonyl (C=O) groups excluding carboxylic acids is 1. The van der Waals surface area contributed by atoms with Gasteiger partial charge in [-0.3, -0.25) is 4.79 Å². The zero-order chi connectivity index (χ0) is 11.7. The van der Waals surface area contributed by atoms with Crippen LogP contribution in [0.4, 0.5) is 0 Å². The van der Waals surface area contributed by atoms with E-state index in [2.05, 4.69) is 15.3 Å². The number of nitrogens with one attached hydrogen (secondary N) is 2. The molecule has 5 nitrogen and oxygen atoms in total. The van der Waals surface area contributed by atoms with Gasteiger partial charge in [-0.05, 0) is 24.6 Å². The number of carbonyl (C=O) groups is 1. The fourth-order valence-electron chi connectivity index (χ4n) is 1.66. The monoisotopic (exact) mass is 218 g/mol. The van der Waals surface area contributed by atoms with Crippen LogP contribution in [0.15, 0.2) is 18.2 Å². The van der Waals surface area contributed by atoms with Crippen LogP contribution >= 0.6 is 0 Å². The molecule has 1 amide bonds. The molecule has 0 saturated heterocycles. The van der Waals surface area contributed by atoms with Crippen molar-refractivity contribution in [2.24, 2.45) is 5.73 Å². The number of hydrogen-bond acceptors (Lipinski definition) is 3. The summed E-state index contributed by atoms with van der Waals surface area (Å²) in [5, 5.41) is 2.53. The highest BCUT2D eigenvalue weighted by Crippen LogP contribution is 2.17. The molecule has 1 unspecified atom stereocenters. The number of aromatic nitrogens is 2. The second-order valence-corrected chi connectivity index (χ2v) is 3.69. The smallest absolute Gasteiger partial charge is 0.241 e. The second-order valence-electron chi connectivity index (χ2n) is 3.69. The minimum atomic E-state index is -0.641. The fraction of sp³-hybridized carbons (Fsp3) is 0.273. The van der Waals surface area contributed by atoms with Crippen LogP contribution in [0.2, 0.25) is 0 Å². The third kappa shape index (κ3) is 1.77. The van der Waals surface area contributed by atoms with Gasteiger partial charge in [-0.25, -0.2) is 4.98 Å². The lowest BCUT2D eigenvalue weighted by molar-refractivity contribution is -0.121. The van der Waals surface area contributed by atoms with E-state index in [0.29, 0.717) is 0 Å². The van der Waals surface area contributed by atoms with E-state index >= 15 is 0 Å². The number of nitrogens with zero attached hydrogens (tertiary/aromatic N) is 1. The average molecular weight is 218 g/mol. The minimum absolute atomic E-state index is 0.199. The quantitative estimate of drug-likeness (QED) is 0.690. The molecule has 0 saturated carbocycles. The van der Waals surface area contributed by atoms with Crippen LogP contribution in [0.1, 0.15) is 17.4 Å². The summed E-state index contributed by atoms with van der Waals surface area (Å²) in [7, 11) is 1.57. The summed E-state index contributed by atoms with van der Waals surface area (Å²) in [5.74, 6) is 0.649. The summed E-state index contributed by atoms with van der Waals surface area (Å²) >= 11 is 0. The Balaban J connectivity index is 2.42. The fourth-order valence-corrected chi connectivity index (χ4v) is 1.66. The van der Waals surface area contributed by atoms with Crippen molar-refractivity contribution >= 4 is 16.9 Å². The van der Waals surface area contributed by atoms with E-state index in [9.17, 15) is 4.79 Å². The Kier molecular flexibility index (Phi) is 2.62. The van der Waals surface area contributed by atoms with Crippen LogP contribution in [-0.2, 0) is 4.79 Å². The Morgan fingerprint density at radius 3 is 3.00 bits per heavy atom. The highest BCUT2D eigenvalue weighted by molar-refractivity contribution is 5.84. The van der Waals surface area contributed by atoms with Gasteiger partial charge in [0.15, 0.2) is 0 Å². The molecule has 1 aromatic heterocycles. The van der Waals surface area contributed by atoms with Crippen molar-refractivity contribution < 1.29 is 4.79 Å². The van der Waals surface area contributed by atoms with Gasteiger partial charge in [0, 0.05) is 7.05 Å². The summed E-state index contributed by atoms with van der Waals surface area (Å²) < 4.78 is 0. The van der Waals surface area contributed by atoms with Gasteiger partial charge in [0.1, 0.15) is 11.9 Å². The molecule has 1 heterocycles. The van der Waals surface area contributed by atoms with Gasteiger partial charge in [0.25, 0.3) is 0 Å². The number of likely N-dealkylation sites (N-methyl/N-ethyl adjacent to an activating group) is 1. The summed E-state index contributed by atoms with van der Waals surface area (Å²) in [6, 6.07) is 4.90. The van der Waals surface area contributed by atoms with Crippen LogP contribution in [0.25, 0.3) is 11.0 Å². The second kappa shape index (κ2) is 3.94. The maximum Gasteiger partial charge on any atom is 0.241 e. The normalized spacial score (nSPS) is 12.7. The zero-order valence-corrected chi connectivity index (χ0v) is 9.24. The molecule has 1 atom stereocenters. The first-order valence-electron chi connectivity index (χ1n) is 5.05. The largest absolute Gasteiger partial charge is 0.358 e. The van der Waals surface area contributed by atoms with Crippen LogP contribution in [0, 0.1) is 6.92 Å². The number of hydrogen-bond donors (Lipinski definition) is 3. The molecule has 0 fully saturated rings. The number of fused-ring (bicyclic) bond motifs is 1. The van der Waals surface area contributed by atoms with Crippen LogP contribution < -0.4 is 11.1 Å². The number of aromatic amines is 1. The van der Waals surface area contributed by atoms with E-state index in [-0.39, 0.29) is 5.91 Å². The van der Waals surface area contributed by atoms with Gasteiger partial charge in [-0.15, -0.1) is 0 Å². The maximum absolute atomic E-state index is 11.4. The molecule has 1 aromatic carbocycles. The molecule has 16 heavy (non-hydrogen) atoms. The maximum atomic E-state index is 11.4. The van der Waals surface area contributed by atoms with E-state index in [1.807, 2.05) is 25.1 Å². The highest BCUT2D eigenvalue weighted by Gasteiger charge is 2.14. The Morgan fingerprint density at radius 1 is 1.56 bits per heavy atom. The van der Waals surface area contributed by atoms with Crippen LogP contribution in [-0.4, -0.2) is 22.9 Å². The Bertz CT molecular complexity index is 532. The Hall–Kier alpha value is -1.88. The molecule has 0 aliphatic heterocycles. The number of imidazole rings is 1. The lowest BCUT2D eigenvalue weighted by atomic mass is 10.1. The lowest BCUT2D eigenvalue weighted by Gasteiger charge is -2.09. The molecule has 0 radical (unpaired) electrons. The SMILES string of the molecule is CNC(=O)C(N)c1ccc2nc(C)[nH]c2c1. The molecule has 2 aromatic rings. The van der Waals surface area contributed by atoms with Crippen LogP contribution in [0.3, 0.4) is 0 Å². The van der Waals surface area contributed by atoms with Gasteiger partial charge >= 0.3 is 0 Å². The molecule has 0 aliphatic rings. The third-order valence-corrected chi connectivity index (χ3v) is 2.51. The van der Waals surface area contributed by atoms with Crippen molar-refractivity contribution in [3.05, 3.63) is 29.6 Å². The molecule has 0 bridgehead atoms. The predicted octanol–water partition coefficient (Wildman–Crippen LogP) is 0.617. The van der Waals surface area contributed by atoms with Crippen molar-refractivity contribution in [1.29, 1.82) is 0 Å². The van der Waals surface area contributed by atoms with E-state index in [4.69, 9.17) is 5.73 Å². The summed E-state index contributed by atoms with van der Waals surface area (Å²) in [6.07, 6.45) is 0. The molecular formula is C11H14N4O. The number of amides is 1. The minimum Gasteiger partial charge on any atom is -0.358 e. The average Bonchev–Trinajstić information content (AvgIpc) is 2.65. The van der Waals surface area contributed by atoms with E-state index in [1.54, 1.807) is 7.05 Å². The van der Waals surface area contributed by atoms with E-state index in [0.717, 1.165) is 22.4 Å². The number of aryl methyl sites for hydroxylation is 1. The zero-order valence-electron chi connectivity index (χ0n) is 9.24. The standard InChI is InChI=1S/C11H14N4O/c1-6-14-8-4-3-7(5-9(8)15-6)10(12)11(16)13-2/h3-5,10H,12H2,1-2H3,(H,13,16)(H,14,15). The first kappa shape index (κ1) is 10.6. The van der Waals surface area contributed by atoms with Gasteiger partial charge in [-0.2, -0.15) is 0 Å². The first-order chi connectivity index (χ1) is 7.61. The van der Waals surface area contributed by atoms with Crippen molar-refractivity contribution in [2.45, 2.75) is 13.0 Å². The predicted molar refractivity (Wildman–Crippen MR) is 61.8 cm³/mol. The van der Waals surface area contributed by atoms with E-state index < -0.39 is 6.04 Å². The molecule has 0 spiro atoms. The molecule has 84 valence electrons. The van der Waals surface area contributed by atoms with Crippen LogP contribution in [0.5, 0.6) is 0 Å². The number of rotatable bonds is 2. The van der Waals surface area contributed by atoms with Gasteiger partial charge in [0.2, 0.25) is 5.91 Å². The Morgan fingerprint density at radius 2 is 2.31 bits per heavy atom. The number of benzene rings is 1. The Labute approximate surface area is 93.1 Å². The van der Waals surface area contributed by atoms with E-state index in [1.165, 1.54) is 0 Å². The van der Waals surface area contributed by atoms with Crippen molar-refractivity contribution in [3.63, 3.8) is 0 Å². The number of nitrogens with two attached hydrogens (primary N) is 1. The molecule has 2 rings (SSSR count). The third-order valence-electron chi connectivity index (χ3n) is 2.51. The lowest BCUT2D eigenvalue weighted by Crippen LogP contribution is -2.31. The highest BCUT2D eigenvalue weighted by atomic mass is 16.2. The van der Waals surface area contributed by atoms with Gasteiger partial charge < -0.3 is 16.0 Å². The summed E-state index contributed by atoms with van der Waals surface area (Å²) in [6.45, 7) is 1.89. The summed E-state index contributed by atoms with van der Waals surface area (Å²) in [5.41, 5.74) is 8.35. The number of H-pyrrole nitrogens is 1. The van der Waals surface area contributed by atoms with Crippen molar-refractivity contribution in [1.82, 2.24) is 15.3 Å². The topological polar surface area (TPSA) is 83.8 Å². The first-order valence-corrected chi connectivity index (χ1v) is 5.05. The van der Waals surface area contributed by atoms with Crippen molar-refractivity contribution in [3.8, 4) is 0 Å². The van der Waals surface area contributed by atoms with Gasteiger partial charge in [-0.1, -0.05) is 6.07 Å². The molecule has 0 aliphatic carbocycles. The molecular weight excluding hydrogens is 204 g/mol. The van der Waals surface area contributed by atoms with Gasteiger partial charge in [0.05, 0.1) is 11.0 Å². The summed E-state index contributed by atoms with van der Waals surface area (Å²) in [4.78, 5) is 18.8. The van der Waals surface area contributed by atoms with Crippen molar-refractivity contribution in [2.75, 3.05) is 7.05 Å². The molecule has 5 heteroatoms.